The fraction of sp³-hybridized carbons (Fsp3) is 0.350. The molecule has 3 aromatic rings. The van der Waals surface area contributed by atoms with E-state index in [-0.39, 0.29) is 11.6 Å². The lowest BCUT2D eigenvalue weighted by Gasteiger charge is -2.31. The molecule has 0 spiro atoms. The lowest BCUT2D eigenvalue weighted by molar-refractivity contribution is 0.176. The molecule has 8 nitrogen and oxygen atoms in total. The molecular formula is C20H22N6O2S. The smallest absolute Gasteiger partial charge is 0.323 e. The molecule has 0 aromatic carbocycles. The van der Waals surface area contributed by atoms with Gasteiger partial charge in [-0.3, -0.25) is 19.7 Å². The Balaban J connectivity index is 1.32. The molecule has 0 atom stereocenters. The summed E-state index contributed by atoms with van der Waals surface area (Å²) in [6, 6.07) is 5.14. The molecule has 1 aliphatic heterocycles. The van der Waals surface area contributed by atoms with Crippen molar-refractivity contribution in [1.29, 1.82) is 0 Å². The van der Waals surface area contributed by atoms with Crippen molar-refractivity contribution < 1.29 is 4.79 Å². The Hall–Kier alpha value is -3.07. The van der Waals surface area contributed by atoms with E-state index in [1.807, 2.05) is 19.1 Å². The van der Waals surface area contributed by atoms with E-state index in [1.165, 1.54) is 11.3 Å². The van der Waals surface area contributed by atoms with Crippen LogP contribution in [0.25, 0.3) is 11.3 Å². The molecule has 1 aliphatic rings. The average Bonchev–Trinajstić information content (AvgIpc) is 3.15. The van der Waals surface area contributed by atoms with Crippen LogP contribution in [0.4, 0.5) is 9.93 Å². The normalized spacial score (nSPS) is 14.7. The van der Waals surface area contributed by atoms with Crippen LogP contribution in [-0.4, -0.2) is 43.5 Å². The van der Waals surface area contributed by atoms with Crippen LogP contribution in [-0.2, 0) is 6.54 Å². The maximum Gasteiger partial charge on any atom is 0.323 e. The summed E-state index contributed by atoms with van der Waals surface area (Å²) in [5.41, 5.74) is 1.38. The number of nitrogens with zero attached hydrogens (tertiary/aromatic N) is 5. The maximum atomic E-state index is 12.5. The molecule has 2 amide bonds. The van der Waals surface area contributed by atoms with Crippen molar-refractivity contribution in [3.05, 3.63) is 58.3 Å². The Morgan fingerprint density at radius 1 is 1.28 bits per heavy atom. The van der Waals surface area contributed by atoms with E-state index < -0.39 is 0 Å². The van der Waals surface area contributed by atoms with Crippen LogP contribution in [0.2, 0.25) is 0 Å². The van der Waals surface area contributed by atoms with Crippen LogP contribution in [0.5, 0.6) is 0 Å². The number of urea groups is 1. The minimum absolute atomic E-state index is 0.0711. The molecule has 1 saturated heterocycles. The van der Waals surface area contributed by atoms with E-state index in [0.29, 0.717) is 36.4 Å². The largest absolute Gasteiger partial charge is 0.324 e. The molecule has 4 heterocycles. The van der Waals surface area contributed by atoms with Gasteiger partial charge in [0.15, 0.2) is 5.13 Å². The zero-order valence-corrected chi connectivity index (χ0v) is 16.9. The van der Waals surface area contributed by atoms with Crippen LogP contribution < -0.4 is 10.9 Å². The Bertz CT molecular complexity index is 1040. The number of hydrogen-bond acceptors (Lipinski definition) is 6. The summed E-state index contributed by atoms with van der Waals surface area (Å²) in [7, 11) is 0. The van der Waals surface area contributed by atoms with Crippen molar-refractivity contribution >= 4 is 22.5 Å². The molecule has 1 fully saturated rings. The van der Waals surface area contributed by atoms with Gasteiger partial charge in [-0.15, -0.1) is 11.3 Å². The quantitative estimate of drug-likeness (QED) is 0.714. The maximum absolute atomic E-state index is 12.5. The lowest BCUT2D eigenvalue weighted by atomic mass is 9.97. The standard InChI is InChI=1S/C20H22N6O2S/c1-14-10-22-19(29-14)24-20(28)25-7-4-15(5-8-25)12-26-13-23-17(9-18(26)27)16-3-2-6-21-11-16/h2-3,6,9-11,13,15H,4-5,7-8,12H2,1H3,(H,22,24,28). The van der Waals surface area contributed by atoms with Gasteiger partial charge in [-0.05, 0) is 37.8 Å². The van der Waals surface area contributed by atoms with E-state index in [0.717, 1.165) is 23.3 Å². The van der Waals surface area contributed by atoms with Gasteiger partial charge in [-0.25, -0.2) is 14.8 Å². The summed E-state index contributed by atoms with van der Waals surface area (Å²) in [6.45, 7) is 3.90. The van der Waals surface area contributed by atoms with Gasteiger partial charge in [0, 0.05) is 54.7 Å². The summed E-state index contributed by atoms with van der Waals surface area (Å²) in [6.07, 6.45) is 8.43. The zero-order chi connectivity index (χ0) is 20.2. The number of thiazole rings is 1. The van der Waals surface area contributed by atoms with Crippen molar-refractivity contribution in [3.63, 3.8) is 0 Å². The first kappa shape index (κ1) is 19.3. The van der Waals surface area contributed by atoms with Crippen molar-refractivity contribution in [3.8, 4) is 11.3 Å². The molecular weight excluding hydrogens is 388 g/mol. The predicted molar refractivity (Wildman–Crippen MR) is 112 cm³/mol. The van der Waals surface area contributed by atoms with E-state index in [1.54, 1.807) is 40.5 Å². The molecule has 3 aromatic heterocycles. The highest BCUT2D eigenvalue weighted by atomic mass is 32.1. The topological polar surface area (TPSA) is 93.0 Å². The highest BCUT2D eigenvalue weighted by Gasteiger charge is 2.24. The van der Waals surface area contributed by atoms with Crippen molar-refractivity contribution in [1.82, 2.24) is 24.4 Å². The molecule has 0 aliphatic carbocycles. The summed E-state index contributed by atoms with van der Waals surface area (Å²) in [4.78, 5) is 40.4. The number of aryl methyl sites for hydroxylation is 1. The van der Waals surface area contributed by atoms with Gasteiger partial charge in [-0.1, -0.05) is 0 Å². The number of hydrogen-bond donors (Lipinski definition) is 1. The predicted octanol–water partition coefficient (Wildman–Crippen LogP) is 3.01. The second kappa shape index (κ2) is 8.52. The van der Waals surface area contributed by atoms with Crippen LogP contribution >= 0.6 is 11.3 Å². The second-order valence-electron chi connectivity index (χ2n) is 7.14. The van der Waals surface area contributed by atoms with Gasteiger partial charge in [0.2, 0.25) is 0 Å². The summed E-state index contributed by atoms with van der Waals surface area (Å²) in [5, 5.41) is 3.48. The number of amides is 2. The number of likely N-dealkylation sites (tertiary alicyclic amines) is 1. The number of rotatable bonds is 4. The van der Waals surface area contributed by atoms with Crippen LogP contribution in [0.3, 0.4) is 0 Å². The minimum atomic E-state index is -0.113. The molecule has 4 rings (SSSR count). The van der Waals surface area contributed by atoms with Gasteiger partial charge >= 0.3 is 6.03 Å². The van der Waals surface area contributed by atoms with E-state index >= 15 is 0 Å². The van der Waals surface area contributed by atoms with Crippen molar-refractivity contribution in [2.75, 3.05) is 18.4 Å². The fourth-order valence-corrected chi connectivity index (χ4v) is 4.07. The number of carbonyl (C=O) groups excluding carboxylic acids is 1. The summed E-state index contributed by atoms with van der Waals surface area (Å²) >= 11 is 1.46. The third-order valence-electron chi connectivity index (χ3n) is 5.03. The average molecular weight is 411 g/mol. The number of piperidine rings is 1. The van der Waals surface area contributed by atoms with Gasteiger partial charge in [0.1, 0.15) is 0 Å². The number of carbonyl (C=O) groups is 1. The monoisotopic (exact) mass is 410 g/mol. The first-order valence-corrected chi connectivity index (χ1v) is 10.4. The van der Waals surface area contributed by atoms with Crippen LogP contribution in [0.1, 0.15) is 17.7 Å². The van der Waals surface area contributed by atoms with Crippen LogP contribution in [0.15, 0.2) is 47.9 Å². The first-order chi connectivity index (χ1) is 14.1. The van der Waals surface area contributed by atoms with Crippen molar-refractivity contribution in [2.45, 2.75) is 26.3 Å². The first-order valence-electron chi connectivity index (χ1n) is 9.54. The lowest BCUT2D eigenvalue weighted by Crippen LogP contribution is -2.42. The zero-order valence-electron chi connectivity index (χ0n) is 16.1. The summed E-state index contributed by atoms with van der Waals surface area (Å²) < 4.78 is 1.65. The molecule has 29 heavy (non-hydrogen) atoms. The molecule has 0 saturated carbocycles. The minimum Gasteiger partial charge on any atom is -0.324 e. The molecule has 0 radical (unpaired) electrons. The Morgan fingerprint density at radius 2 is 2.10 bits per heavy atom. The van der Waals surface area contributed by atoms with Gasteiger partial charge in [-0.2, -0.15) is 0 Å². The second-order valence-corrected chi connectivity index (χ2v) is 8.38. The van der Waals surface area contributed by atoms with Gasteiger partial charge < -0.3 is 4.90 Å². The molecule has 9 heteroatoms. The number of pyridine rings is 1. The SMILES string of the molecule is Cc1cnc(NC(=O)N2CCC(Cn3cnc(-c4cccnc4)cc3=O)CC2)s1. The third-order valence-corrected chi connectivity index (χ3v) is 5.86. The van der Waals surface area contributed by atoms with Gasteiger partial charge in [0.25, 0.3) is 5.56 Å². The van der Waals surface area contributed by atoms with E-state index in [4.69, 9.17) is 0 Å². The van der Waals surface area contributed by atoms with Crippen molar-refractivity contribution in [2.24, 2.45) is 5.92 Å². The van der Waals surface area contributed by atoms with E-state index in [9.17, 15) is 9.59 Å². The highest BCUT2D eigenvalue weighted by Crippen LogP contribution is 2.21. The fourth-order valence-electron chi connectivity index (χ4n) is 3.42. The van der Waals surface area contributed by atoms with E-state index in [2.05, 4.69) is 20.3 Å². The van der Waals surface area contributed by atoms with Gasteiger partial charge in [0.05, 0.1) is 12.0 Å². The molecule has 150 valence electrons. The molecule has 0 bridgehead atoms. The Kier molecular flexibility index (Phi) is 5.66. The highest BCUT2D eigenvalue weighted by molar-refractivity contribution is 7.15. The Labute approximate surface area is 172 Å². The van der Waals surface area contributed by atoms with Crippen LogP contribution in [0, 0.1) is 12.8 Å². The third kappa shape index (κ3) is 4.68. The number of aromatic nitrogens is 4. The molecule has 0 unspecified atom stereocenters. The Morgan fingerprint density at radius 3 is 2.76 bits per heavy atom. The summed E-state index contributed by atoms with van der Waals surface area (Å²) in [5.74, 6) is 0.338. The number of nitrogens with one attached hydrogen (secondary N) is 1. The number of anilines is 1. The molecule has 1 N–H and O–H groups in total.